The maximum absolute atomic E-state index is 11.3. The summed E-state index contributed by atoms with van der Waals surface area (Å²) in [5, 5.41) is 18.5. The van der Waals surface area contributed by atoms with Gasteiger partial charge in [-0.15, -0.1) is 0 Å². The van der Waals surface area contributed by atoms with Gasteiger partial charge in [0.05, 0.1) is 11.9 Å². The maximum Gasteiger partial charge on any atom is 1.00 e. The second-order valence-electron chi connectivity index (χ2n) is 1.26. The van der Waals surface area contributed by atoms with E-state index in [1.54, 1.807) is 0 Å². The van der Waals surface area contributed by atoms with E-state index in [2.05, 4.69) is 5.50 Å². The Hall–Kier alpha value is 0.315. The van der Waals surface area contributed by atoms with Crippen LogP contribution in [0.2, 0.25) is 0 Å². The number of rotatable bonds is 2. The first kappa shape index (κ1) is 23.9. The number of carboxylic acid groups (broad SMARTS) is 2. The standard InChI is InChI=1S/C3H3FO4.F2H2NP.2Li/c4-1(2(5)6)3(7)8;1-4(2)3;;/h1H,(H,5,6)(H,7,8);3H2;;/q;;2*+1/p-2. The summed E-state index contributed by atoms with van der Waals surface area (Å²) in [5.74, 6) is -4.57. The van der Waals surface area contributed by atoms with Gasteiger partial charge in [-0.2, -0.15) is 8.39 Å². The van der Waals surface area contributed by atoms with Gasteiger partial charge in [0.25, 0.3) is 0 Å². The molecule has 14 heavy (non-hydrogen) atoms. The molecule has 0 radical (unpaired) electrons. The van der Waals surface area contributed by atoms with Crippen molar-refractivity contribution in [1.29, 1.82) is 0 Å². The zero-order valence-corrected chi connectivity index (χ0v) is 8.26. The van der Waals surface area contributed by atoms with Gasteiger partial charge < -0.3 is 19.8 Å². The Kier molecular flexibility index (Phi) is 22.7. The number of aliphatic carboxylic acids is 2. The number of hydrogen-bond acceptors (Lipinski definition) is 5. The molecule has 11 heteroatoms. The second-order valence-corrected chi connectivity index (χ2v) is 1.78. The number of carboxylic acids is 2. The summed E-state index contributed by atoms with van der Waals surface area (Å²) >= 11 is 0. The van der Waals surface area contributed by atoms with E-state index in [0.29, 0.717) is 0 Å². The van der Waals surface area contributed by atoms with Crippen molar-refractivity contribution in [2.45, 2.75) is 6.17 Å². The molecule has 0 aromatic carbocycles. The molecule has 0 aliphatic heterocycles. The second kappa shape index (κ2) is 13.3. The molecular weight excluding hydrogens is 216 g/mol. The van der Waals surface area contributed by atoms with Crippen molar-refractivity contribution in [2.24, 2.45) is 5.50 Å². The number of hydrogen-bond donors (Lipinski definition) is 1. The van der Waals surface area contributed by atoms with E-state index in [9.17, 15) is 32.6 Å². The first-order valence-electron chi connectivity index (χ1n) is 2.21. The molecule has 0 spiro atoms. The van der Waals surface area contributed by atoms with Gasteiger partial charge in [-0.1, -0.05) is 0 Å². The molecule has 0 fully saturated rings. The van der Waals surface area contributed by atoms with Gasteiger partial charge in [0, 0.05) is 0 Å². The summed E-state index contributed by atoms with van der Waals surface area (Å²) in [6.07, 6.45) is -3.02. The molecule has 0 heterocycles. The van der Waals surface area contributed by atoms with Crippen LogP contribution in [0.1, 0.15) is 0 Å². The fraction of sp³-hybridized carbons (Fsp3) is 0.333. The molecule has 0 saturated carbocycles. The van der Waals surface area contributed by atoms with Crippen LogP contribution in [0, 0.1) is 0 Å². The third-order valence-electron chi connectivity index (χ3n) is 0.414. The number of carbonyl (C=O) groups excluding carboxylic acids is 2. The summed E-state index contributed by atoms with van der Waals surface area (Å²) in [6, 6.07) is 0. The van der Waals surface area contributed by atoms with E-state index in [-0.39, 0.29) is 37.7 Å². The Labute approximate surface area is 103 Å². The van der Waals surface area contributed by atoms with Crippen molar-refractivity contribution >= 4 is 20.6 Å². The molecule has 0 rings (SSSR count). The zero-order chi connectivity index (χ0) is 10.3. The number of carbonyl (C=O) groups is 2. The zero-order valence-electron chi connectivity index (χ0n) is 7.37. The summed E-state index contributed by atoms with van der Waals surface area (Å²) in [6.45, 7) is 0. The SMILES string of the molecule is NP(F)F.O=C([O-])C(F)C(=O)[O-].[Li+].[Li+]. The Bertz CT molecular complexity index is 157. The molecule has 0 unspecified atom stereocenters. The van der Waals surface area contributed by atoms with Crippen LogP contribution in [-0.4, -0.2) is 18.1 Å². The van der Waals surface area contributed by atoms with E-state index in [4.69, 9.17) is 0 Å². The summed E-state index contributed by atoms with van der Waals surface area (Å²) < 4.78 is 31.7. The Morgan fingerprint density at radius 3 is 1.29 bits per heavy atom. The molecule has 0 saturated heterocycles. The van der Waals surface area contributed by atoms with E-state index >= 15 is 0 Å². The average Bonchev–Trinajstić information content (AvgIpc) is 1.84. The van der Waals surface area contributed by atoms with Gasteiger partial charge in [-0.25, -0.2) is 4.39 Å². The van der Waals surface area contributed by atoms with Crippen LogP contribution >= 0.6 is 8.69 Å². The van der Waals surface area contributed by atoms with Crippen LogP contribution in [0.15, 0.2) is 0 Å². The molecular formula is C3H3F3Li2NO4P. The van der Waals surface area contributed by atoms with Crippen LogP contribution in [0.25, 0.3) is 0 Å². The van der Waals surface area contributed by atoms with Crippen molar-refractivity contribution in [3.63, 3.8) is 0 Å². The van der Waals surface area contributed by atoms with E-state index < -0.39 is 26.8 Å². The summed E-state index contributed by atoms with van der Waals surface area (Å²) in [4.78, 5) is 18.5. The van der Waals surface area contributed by atoms with Crippen molar-refractivity contribution in [1.82, 2.24) is 0 Å². The molecule has 72 valence electrons. The third kappa shape index (κ3) is 22.8. The molecule has 0 aliphatic rings. The number of halogens is 3. The van der Waals surface area contributed by atoms with E-state index in [0.717, 1.165) is 0 Å². The van der Waals surface area contributed by atoms with Gasteiger partial charge >= 0.3 is 46.4 Å². The topological polar surface area (TPSA) is 106 Å². The molecule has 5 nitrogen and oxygen atoms in total. The maximum atomic E-state index is 11.3. The monoisotopic (exact) mass is 219 g/mol. The summed E-state index contributed by atoms with van der Waals surface area (Å²) in [5.41, 5.74) is 3.84. The fourth-order valence-corrected chi connectivity index (χ4v) is 0.0962. The number of alkyl halides is 1. The van der Waals surface area contributed by atoms with Gasteiger partial charge in [-0.05, 0) is 0 Å². The van der Waals surface area contributed by atoms with Crippen molar-refractivity contribution in [2.75, 3.05) is 0 Å². The molecule has 0 amide bonds. The minimum Gasteiger partial charge on any atom is -0.547 e. The fourth-order valence-electron chi connectivity index (χ4n) is 0.0962. The molecule has 0 atom stereocenters. The van der Waals surface area contributed by atoms with Gasteiger partial charge in [0.1, 0.15) is 0 Å². The van der Waals surface area contributed by atoms with Crippen LogP contribution in [0.3, 0.4) is 0 Å². The largest absolute Gasteiger partial charge is 1.00 e. The first-order chi connectivity index (χ1) is 5.29. The Morgan fingerprint density at radius 1 is 1.14 bits per heavy atom. The predicted molar refractivity (Wildman–Crippen MR) is 28.2 cm³/mol. The van der Waals surface area contributed by atoms with E-state index in [1.807, 2.05) is 0 Å². The van der Waals surface area contributed by atoms with Crippen LogP contribution in [0.4, 0.5) is 12.8 Å². The predicted octanol–water partition coefficient (Wildman–Crippen LogP) is -8.06. The average molecular weight is 219 g/mol. The van der Waals surface area contributed by atoms with Crippen LogP contribution in [-0.2, 0) is 9.59 Å². The molecule has 0 bridgehead atoms. The van der Waals surface area contributed by atoms with Gasteiger partial charge in [-0.3, -0.25) is 5.50 Å². The number of nitrogens with two attached hydrogens (primary N) is 1. The smallest absolute Gasteiger partial charge is 0.547 e. The van der Waals surface area contributed by atoms with Crippen LogP contribution in [0.5, 0.6) is 0 Å². The third-order valence-corrected chi connectivity index (χ3v) is 0.414. The molecule has 0 aromatic heterocycles. The first-order valence-corrected chi connectivity index (χ1v) is 3.40. The van der Waals surface area contributed by atoms with Crippen LogP contribution < -0.4 is 53.4 Å². The van der Waals surface area contributed by atoms with E-state index in [1.165, 1.54) is 0 Å². The molecule has 2 N–H and O–H groups in total. The normalized spacial score (nSPS) is 7.86. The Morgan fingerprint density at radius 2 is 1.29 bits per heavy atom. The quantitative estimate of drug-likeness (QED) is 0.282. The Balaban J connectivity index is -0.0000000733. The molecule has 0 aliphatic carbocycles. The van der Waals surface area contributed by atoms with Crippen molar-refractivity contribution in [3.05, 3.63) is 0 Å². The van der Waals surface area contributed by atoms with Gasteiger partial charge in [0.15, 0.2) is 6.17 Å². The summed E-state index contributed by atoms with van der Waals surface area (Å²) in [7, 11) is -3.12. The van der Waals surface area contributed by atoms with Crippen molar-refractivity contribution in [3.8, 4) is 0 Å². The minimum atomic E-state index is -3.12. The van der Waals surface area contributed by atoms with Crippen molar-refractivity contribution < 1.29 is 70.3 Å². The minimum absolute atomic E-state index is 0. The molecule has 0 aromatic rings. The van der Waals surface area contributed by atoms with Gasteiger partial charge in [0.2, 0.25) is 0 Å².